The molecule has 0 unspecified atom stereocenters. The molecular weight excluding hydrogens is 424 g/mol. The highest BCUT2D eigenvalue weighted by atomic mass is 16.5. The smallest absolute Gasteiger partial charge is 0.330 e. The van der Waals surface area contributed by atoms with Gasteiger partial charge in [-0.25, -0.2) is 4.79 Å². The van der Waals surface area contributed by atoms with Gasteiger partial charge in [0, 0.05) is 7.11 Å². The Morgan fingerprint density at radius 1 is 1.09 bits per heavy atom. The second-order valence-electron chi connectivity index (χ2n) is 7.64. The van der Waals surface area contributed by atoms with Crippen LogP contribution in [0.2, 0.25) is 0 Å². The van der Waals surface area contributed by atoms with Crippen molar-refractivity contribution in [3.63, 3.8) is 0 Å². The van der Waals surface area contributed by atoms with Gasteiger partial charge in [-0.05, 0) is 42.7 Å². The number of nitrogens with one attached hydrogen (secondary N) is 1. The molecular formula is C24H28N4O5. The average molecular weight is 453 g/mol. The number of nitrogens with zero attached hydrogens (tertiary/aromatic N) is 2. The summed E-state index contributed by atoms with van der Waals surface area (Å²) in [6, 6.07) is 14.7. The van der Waals surface area contributed by atoms with Crippen molar-refractivity contribution >= 4 is 17.4 Å². The van der Waals surface area contributed by atoms with Crippen LogP contribution in [0, 0.1) is 13.8 Å². The van der Waals surface area contributed by atoms with E-state index in [0.29, 0.717) is 5.75 Å². The van der Waals surface area contributed by atoms with Gasteiger partial charge in [0.15, 0.2) is 12.3 Å². The Balaban J connectivity index is 1.97. The van der Waals surface area contributed by atoms with Crippen molar-refractivity contribution < 1.29 is 14.3 Å². The van der Waals surface area contributed by atoms with E-state index in [0.717, 1.165) is 16.7 Å². The monoisotopic (exact) mass is 452 g/mol. The Kier molecular flexibility index (Phi) is 7.68. The first-order chi connectivity index (χ1) is 15.8. The Hall–Kier alpha value is -3.85. The fourth-order valence-electron chi connectivity index (χ4n) is 3.33. The predicted octanol–water partition coefficient (Wildman–Crippen LogP) is 1.99. The fourth-order valence-corrected chi connectivity index (χ4v) is 3.33. The van der Waals surface area contributed by atoms with E-state index >= 15 is 0 Å². The summed E-state index contributed by atoms with van der Waals surface area (Å²) in [6.07, 6.45) is 0. The van der Waals surface area contributed by atoms with Crippen LogP contribution in [0.25, 0.3) is 0 Å². The maximum absolute atomic E-state index is 13.3. The Labute approximate surface area is 191 Å². The summed E-state index contributed by atoms with van der Waals surface area (Å²) >= 11 is 0. The van der Waals surface area contributed by atoms with E-state index in [4.69, 9.17) is 15.2 Å². The first-order valence-corrected chi connectivity index (χ1v) is 10.5. The maximum atomic E-state index is 13.3. The third-order valence-corrected chi connectivity index (χ3v) is 5.33. The molecule has 0 aliphatic heterocycles. The highest BCUT2D eigenvalue weighted by Crippen LogP contribution is 2.21. The summed E-state index contributed by atoms with van der Waals surface area (Å²) < 4.78 is 11.9. The molecule has 0 radical (unpaired) electrons. The van der Waals surface area contributed by atoms with Crippen LogP contribution >= 0.6 is 0 Å². The third-order valence-electron chi connectivity index (χ3n) is 5.33. The molecule has 3 N–H and O–H groups in total. The number of carbonyl (C=O) groups excluding carboxylic acids is 1. The minimum atomic E-state index is -0.748. The van der Waals surface area contributed by atoms with Crippen LogP contribution in [0.15, 0.2) is 58.1 Å². The van der Waals surface area contributed by atoms with Crippen LogP contribution in [0.4, 0.5) is 11.5 Å². The number of nitrogen functional groups attached to an aromatic ring is 1. The normalized spacial score (nSPS) is 10.8. The van der Waals surface area contributed by atoms with Crippen LogP contribution < -0.4 is 26.6 Å². The van der Waals surface area contributed by atoms with Crippen LogP contribution in [0.3, 0.4) is 0 Å². The number of H-pyrrole nitrogens is 1. The summed E-state index contributed by atoms with van der Waals surface area (Å²) in [6.45, 7) is 4.03. The topological polar surface area (TPSA) is 120 Å². The highest BCUT2D eigenvalue weighted by Gasteiger charge is 2.25. The zero-order valence-corrected chi connectivity index (χ0v) is 19.0. The molecule has 0 spiro atoms. The summed E-state index contributed by atoms with van der Waals surface area (Å²) in [4.78, 5) is 41.8. The SMILES string of the molecule is COCCn1c(N)c(N(Cc2ccccc2)C(=O)COc2ccc(C)c(C)c2)c(=O)[nH]c1=O. The third kappa shape index (κ3) is 5.69. The zero-order valence-electron chi connectivity index (χ0n) is 19.0. The van der Waals surface area contributed by atoms with Crippen LogP contribution in [0.1, 0.15) is 16.7 Å². The lowest BCUT2D eigenvalue weighted by molar-refractivity contribution is -0.120. The molecule has 3 rings (SSSR count). The van der Waals surface area contributed by atoms with E-state index in [2.05, 4.69) is 4.98 Å². The van der Waals surface area contributed by atoms with Crippen LogP contribution in [-0.2, 0) is 22.6 Å². The van der Waals surface area contributed by atoms with Crippen LogP contribution in [-0.4, -0.2) is 35.8 Å². The molecule has 0 aliphatic carbocycles. The van der Waals surface area contributed by atoms with Gasteiger partial charge in [-0.3, -0.25) is 24.0 Å². The average Bonchev–Trinajstić information content (AvgIpc) is 2.79. The number of hydrogen-bond donors (Lipinski definition) is 2. The first kappa shape index (κ1) is 23.8. The van der Waals surface area contributed by atoms with Crippen molar-refractivity contribution in [1.29, 1.82) is 0 Å². The second-order valence-corrected chi connectivity index (χ2v) is 7.64. The van der Waals surface area contributed by atoms with Crippen molar-refractivity contribution in [3.8, 4) is 5.75 Å². The van der Waals surface area contributed by atoms with Crippen molar-refractivity contribution in [1.82, 2.24) is 9.55 Å². The number of nitrogens with two attached hydrogens (primary N) is 1. The van der Waals surface area contributed by atoms with Gasteiger partial charge in [0.05, 0.1) is 19.7 Å². The van der Waals surface area contributed by atoms with Gasteiger partial charge in [0.1, 0.15) is 11.6 Å². The van der Waals surface area contributed by atoms with E-state index in [9.17, 15) is 14.4 Å². The number of aromatic nitrogens is 2. The maximum Gasteiger partial charge on any atom is 0.330 e. The Bertz CT molecular complexity index is 1230. The number of amides is 1. The van der Waals surface area contributed by atoms with Crippen molar-refractivity contribution in [2.75, 3.05) is 31.0 Å². The van der Waals surface area contributed by atoms with Gasteiger partial charge < -0.3 is 15.2 Å². The molecule has 2 aromatic carbocycles. The molecule has 0 fully saturated rings. The van der Waals surface area contributed by atoms with E-state index in [-0.39, 0.29) is 37.8 Å². The molecule has 1 heterocycles. The molecule has 174 valence electrons. The number of carbonyl (C=O) groups is 1. The quantitative estimate of drug-likeness (QED) is 0.512. The molecule has 0 saturated heterocycles. The number of hydrogen-bond acceptors (Lipinski definition) is 6. The molecule has 3 aromatic rings. The van der Waals surface area contributed by atoms with Crippen molar-refractivity contribution in [3.05, 3.63) is 86.1 Å². The molecule has 33 heavy (non-hydrogen) atoms. The minimum Gasteiger partial charge on any atom is -0.484 e. The molecule has 0 bridgehead atoms. The molecule has 0 aliphatic rings. The Morgan fingerprint density at radius 2 is 1.82 bits per heavy atom. The lowest BCUT2D eigenvalue weighted by Gasteiger charge is -2.25. The Morgan fingerprint density at radius 3 is 2.48 bits per heavy atom. The molecule has 9 heteroatoms. The second kappa shape index (κ2) is 10.6. The summed E-state index contributed by atoms with van der Waals surface area (Å²) in [5.41, 5.74) is 7.61. The predicted molar refractivity (Wildman–Crippen MR) is 127 cm³/mol. The molecule has 0 saturated carbocycles. The number of aryl methyl sites for hydroxylation is 2. The number of benzene rings is 2. The molecule has 1 amide bonds. The molecule has 0 atom stereocenters. The molecule has 1 aromatic heterocycles. The van der Waals surface area contributed by atoms with Gasteiger partial charge >= 0.3 is 5.69 Å². The lowest BCUT2D eigenvalue weighted by atomic mass is 10.1. The summed E-state index contributed by atoms with van der Waals surface area (Å²) in [5, 5.41) is 0. The lowest BCUT2D eigenvalue weighted by Crippen LogP contribution is -2.42. The highest BCUT2D eigenvalue weighted by molar-refractivity contribution is 5.96. The standard InChI is InChI=1S/C24H28N4O5/c1-16-9-10-19(13-17(16)2)33-15-20(29)28(14-18-7-5-4-6-8-18)21-22(25)27(11-12-32-3)24(31)26-23(21)30/h4-10,13H,11-12,14-15,25H2,1-3H3,(H,26,30,31). The first-order valence-electron chi connectivity index (χ1n) is 10.5. The van der Waals surface area contributed by atoms with Gasteiger partial charge in [-0.1, -0.05) is 36.4 Å². The summed E-state index contributed by atoms with van der Waals surface area (Å²) in [7, 11) is 1.49. The van der Waals surface area contributed by atoms with E-state index in [1.54, 1.807) is 6.07 Å². The number of anilines is 2. The van der Waals surface area contributed by atoms with E-state index in [1.165, 1.54) is 16.6 Å². The van der Waals surface area contributed by atoms with E-state index in [1.807, 2.05) is 56.3 Å². The summed E-state index contributed by atoms with van der Waals surface area (Å²) in [5.74, 6) is -0.0551. The van der Waals surface area contributed by atoms with Gasteiger partial charge in [0.25, 0.3) is 11.5 Å². The van der Waals surface area contributed by atoms with Gasteiger partial charge in [-0.15, -0.1) is 0 Å². The fraction of sp³-hybridized carbons (Fsp3) is 0.292. The van der Waals surface area contributed by atoms with Gasteiger partial charge in [0.2, 0.25) is 0 Å². The number of methoxy groups -OCH3 is 1. The van der Waals surface area contributed by atoms with Gasteiger partial charge in [-0.2, -0.15) is 0 Å². The van der Waals surface area contributed by atoms with E-state index < -0.39 is 17.2 Å². The minimum absolute atomic E-state index is 0.0751. The van der Waals surface area contributed by atoms with Crippen LogP contribution in [0.5, 0.6) is 5.75 Å². The molecule has 9 nitrogen and oxygen atoms in total. The number of ether oxygens (including phenoxy) is 2. The number of aromatic amines is 1. The van der Waals surface area contributed by atoms with Crippen molar-refractivity contribution in [2.24, 2.45) is 0 Å². The zero-order chi connectivity index (χ0) is 24.0. The van der Waals surface area contributed by atoms with Crippen molar-refractivity contribution in [2.45, 2.75) is 26.9 Å². The number of rotatable bonds is 9. The largest absolute Gasteiger partial charge is 0.484 e.